The number of carbonyl (C=O) groups excluding carboxylic acids is 1. The lowest BCUT2D eigenvalue weighted by atomic mass is 10.1. The molecule has 0 bridgehead atoms. The first-order valence-corrected chi connectivity index (χ1v) is 8.88. The largest absolute Gasteiger partial charge is 0.306 e. The molecule has 0 saturated heterocycles. The molecule has 28 heavy (non-hydrogen) atoms. The van der Waals surface area contributed by atoms with Gasteiger partial charge in [-0.3, -0.25) is 14.2 Å². The molecule has 0 aliphatic carbocycles. The first-order chi connectivity index (χ1) is 13.6. The van der Waals surface area contributed by atoms with Crippen molar-refractivity contribution in [2.24, 2.45) is 0 Å². The van der Waals surface area contributed by atoms with Crippen molar-refractivity contribution in [3.63, 3.8) is 0 Å². The molecular weight excluding hydrogens is 352 g/mol. The van der Waals surface area contributed by atoms with Gasteiger partial charge in [-0.05, 0) is 42.8 Å². The maximum atomic E-state index is 13.1. The second-order valence-electron chi connectivity index (χ2n) is 6.52. The highest BCUT2D eigenvalue weighted by molar-refractivity contribution is 6.05. The number of aryl methyl sites for hydroxylation is 1. The van der Waals surface area contributed by atoms with Crippen LogP contribution in [0.1, 0.15) is 21.5 Å². The van der Waals surface area contributed by atoms with E-state index in [4.69, 9.17) is 0 Å². The van der Waals surface area contributed by atoms with Crippen LogP contribution in [0, 0.1) is 6.92 Å². The third kappa shape index (κ3) is 3.53. The molecule has 3 heterocycles. The summed E-state index contributed by atoms with van der Waals surface area (Å²) in [5, 5.41) is 3.40. The van der Waals surface area contributed by atoms with Crippen molar-refractivity contribution in [2.45, 2.75) is 13.5 Å². The normalized spacial score (nSPS) is 10.8. The van der Waals surface area contributed by atoms with Crippen LogP contribution in [-0.4, -0.2) is 20.4 Å². The molecule has 138 valence electrons. The van der Waals surface area contributed by atoms with E-state index < -0.39 is 5.91 Å². The molecule has 0 fully saturated rings. The van der Waals surface area contributed by atoms with Gasteiger partial charge in [0.05, 0.1) is 6.54 Å². The average Bonchev–Trinajstić information content (AvgIpc) is 2.72. The summed E-state index contributed by atoms with van der Waals surface area (Å²) < 4.78 is 1.54. The van der Waals surface area contributed by atoms with E-state index in [1.54, 1.807) is 42.7 Å². The van der Waals surface area contributed by atoms with Gasteiger partial charge in [0.25, 0.3) is 11.5 Å². The Morgan fingerprint density at radius 1 is 1.00 bits per heavy atom. The summed E-state index contributed by atoms with van der Waals surface area (Å²) in [6, 6.07) is 18.3. The molecule has 6 nitrogen and oxygen atoms in total. The van der Waals surface area contributed by atoms with Gasteiger partial charge in [0.1, 0.15) is 17.0 Å². The zero-order valence-electron chi connectivity index (χ0n) is 15.3. The van der Waals surface area contributed by atoms with E-state index in [0.717, 1.165) is 16.5 Å². The van der Waals surface area contributed by atoms with Crippen molar-refractivity contribution < 1.29 is 4.79 Å². The third-order valence-corrected chi connectivity index (χ3v) is 4.46. The number of carbonyl (C=O) groups is 1. The maximum absolute atomic E-state index is 13.1. The summed E-state index contributed by atoms with van der Waals surface area (Å²) in [6.45, 7) is 2.34. The number of hydrogen-bond donors (Lipinski definition) is 1. The topological polar surface area (TPSA) is 76.9 Å². The van der Waals surface area contributed by atoms with Gasteiger partial charge in [-0.1, -0.05) is 35.9 Å². The van der Waals surface area contributed by atoms with E-state index in [9.17, 15) is 9.59 Å². The molecule has 0 radical (unpaired) electrons. The van der Waals surface area contributed by atoms with E-state index in [1.807, 2.05) is 37.3 Å². The lowest BCUT2D eigenvalue weighted by Gasteiger charge is -2.12. The fourth-order valence-electron chi connectivity index (χ4n) is 3.01. The fraction of sp³-hybridized carbons (Fsp3) is 0.0909. The highest BCUT2D eigenvalue weighted by Gasteiger charge is 2.17. The summed E-state index contributed by atoms with van der Waals surface area (Å²) in [4.78, 5) is 34.3. The van der Waals surface area contributed by atoms with E-state index in [-0.39, 0.29) is 11.1 Å². The zero-order valence-corrected chi connectivity index (χ0v) is 15.3. The summed E-state index contributed by atoms with van der Waals surface area (Å²) in [7, 11) is 0. The van der Waals surface area contributed by atoms with Gasteiger partial charge in [-0.2, -0.15) is 0 Å². The summed E-state index contributed by atoms with van der Waals surface area (Å²) in [5.74, 6) is -0.102. The number of nitrogens with zero attached hydrogens (tertiary/aromatic N) is 3. The number of amides is 1. The van der Waals surface area contributed by atoms with Crippen molar-refractivity contribution in [3.05, 3.63) is 100 Å². The second-order valence-corrected chi connectivity index (χ2v) is 6.52. The first kappa shape index (κ1) is 17.6. The van der Waals surface area contributed by atoms with E-state index >= 15 is 0 Å². The van der Waals surface area contributed by atoms with Crippen LogP contribution in [0.4, 0.5) is 5.82 Å². The van der Waals surface area contributed by atoms with Gasteiger partial charge in [0.2, 0.25) is 0 Å². The fourth-order valence-corrected chi connectivity index (χ4v) is 3.01. The highest BCUT2D eigenvalue weighted by Crippen LogP contribution is 2.14. The van der Waals surface area contributed by atoms with Crippen molar-refractivity contribution in [2.75, 3.05) is 5.32 Å². The number of rotatable bonds is 4. The van der Waals surface area contributed by atoms with Crippen LogP contribution in [0.5, 0.6) is 0 Å². The molecule has 0 saturated carbocycles. The van der Waals surface area contributed by atoms with Crippen LogP contribution in [-0.2, 0) is 6.54 Å². The molecule has 0 atom stereocenters. The monoisotopic (exact) mass is 370 g/mol. The van der Waals surface area contributed by atoms with Crippen LogP contribution in [0.25, 0.3) is 11.0 Å². The molecule has 0 aliphatic rings. The van der Waals surface area contributed by atoms with Crippen LogP contribution in [0.15, 0.2) is 77.9 Å². The quantitative estimate of drug-likeness (QED) is 0.597. The molecular formula is C22H18N4O2. The number of benzene rings is 1. The third-order valence-electron chi connectivity index (χ3n) is 4.46. The second kappa shape index (κ2) is 7.44. The number of nitrogens with one attached hydrogen (secondary N) is 1. The van der Waals surface area contributed by atoms with Crippen LogP contribution >= 0.6 is 0 Å². The van der Waals surface area contributed by atoms with Gasteiger partial charge < -0.3 is 5.32 Å². The predicted octanol–water partition coefficient (Wildman–Crippen LogP) is 3.40. The Bertz CT molecular complexity index is 1200. The van der Waals surface area contributed by atoms with Gasteiger partial charge in [0.15, 0.2) is 0 Å². The van der Waals surface area contributed by atoms with E-state index in [2.05, 4.69) is 15.3 Å². The highest BCUT2D eigenvalue weighted by atomic mass is 16.2. The van der Waals surface area contributed by atoms with Gasteiger partial charge in [0, 0.05) is 17.8 Å². The molecule has 1 aromatic carbocycles. The average molecular weight is 370 g/mol. The molecule has 6 heteroatoms. The number of aromatic nitrogens is 3. The molecule has 4 rings (SSSR count). The number of pyridine rings is 3. The smallest absolute Gasteiger partial charge is 0.265 e. The predicted molar refractivity (Wildman–Crippen MR) is 108 cm³/mol. The van der Waals surface area contributed by atoms with Crippen molar-refractivity contribution >= 4 is 22.8 Å². The van der Waals surface area contributed by atoms with Gasteiger partial charge in [-0.15, -0.1) is 0 Å². The Hall–Kier alpha value is -3.80. The molecule has 1 amide bonds. The van der Waals surface area contributed by atoms with Crippen LogP contribution in [0.3, 0.4) is 0 Å². The van der Waals surface area contributed by atoms with Gasteiger partial charge >= 0.3 is 0 Å². The Morgan fingerprint density at radius 3 is 2.54 bits per heavy atom. The van der Waals surface area contributed by atoms with E-state index in [0.29, 0.717) is 18.0 Å². The summed E-state index contributed by atoms with van der Waals surface area (Å²) in [6.07, 6.45) is 3.22. The molecule has 0 unspecified atom stereocenters. The standard InChI is InChI=1S/C22H18N4O2/c1-15-7-9-16(10-8-15)14-26-20-17(5-4-12-24-20)13-18(22(26)28)21(27)25-19-6-2-3-11-23-19/h2-13H,14H2,1H3,(H,23,25,27). The Balaban J connectivity index is 1.79. The Morgan fingerprint density at radius 2 is 1.79 bits per heavy atom. The molecule has 1 N–H and O–H groups in total. The number of anilines is 1. The van der Waals surface area contributed by atoms with Crippen molar-refractivity contribution in [1.29, 1.82) is 0 Å². The maximum Gasteiger partial charge on any atom is 0.265 e. The zero-order chi connectivity index (χ0) is 19.5. The number of hydrogen-bond acceptors (Lipinski definition) is 4. The van der Waals surface area contributed by atoms with Crippen LogP contribution in [0.2, 0.25) is 0 Å². The minimum Gasteiger partial charge on any atom is -0.306 e. The van der Waals surface area contributed by atoms with Crippen LogP contribution < -0.4 is 10.9 Å². The SMILES string of the molecule is Cc1ccc(Cn2c(=O)c(C(=O)Nc3ccccn3)cc3cccnc32)cc1. The molecule has 3 aromatic heterocycles. The minimum atomic E-state index is -0.493. The van der Waals surface area contributed by atoms with Crippen molar-refractivity contribution in [1.82, 2.24) is 14.5 Å². The summed E-state index contributed by atoms with van der Waals surface area (Å²) in [5.41, 5.74) is 2.31. The number of fused-ring (bicyclic) bond motifs is 1. The lowest BCUT2D eigenvalue weighted by Crippen LogP contribution is -2.30. The Kier molecular flexibility index (Phi) is 4.68. The molecule has 4 aromatic rings. The first-order valence-electron chi connectivity index (χ1n) is 8.88. The Labute approximate surface area is 161 Å². The van der Waals surface area contributed by atoms with Crippen molar-refractivity contribution in [3.8, 4) is 0 Å². The van der Waals surface area contributed by atoms with E-state index in [1.165, 1.54) is 4.57 Å². The van der Waals surface area contributed by atoms with Gasteiger partial charge in [-0.25, -0.2) is 9.97 Å². The minimum absolute atomic E-state index is 0.0539. The summed E-state index contributed by atoms with van der Waals surface area (Å²) >= 11 is 0. The lowest BCUT2D eigenvalue weighted by molar-refractivity contribution is 0.102. The molecule has 0 spiro atoms. The molecule has 0 aliphatic heterocycles.